The van der Waals surface area contributed by atoms with Crippen LogP contribution in [0.15, 0.2) is 33.3 Å². The number of rotatable bonds is 2. The van der Waals surface area contributed by atoms with E-state index in [4.69, 9.17) is 13.6 Å². The van der Waals surface area contributed by atoms with Crippen molar-refractivity contribution in [3.05, 3.63) is 29.8 Å². The molecule has 0 N–H and O–H groups in total. The van der Waals surface area contributed by atoms with Crippen molar-refractivity contribution in [3.8, 4) is 0 Å². The highest BCUT2D eigenvalue weighted by atomic mass is 32.2. The highest BCUT2D eigenvalue weighted by Crippen LogP contribution is 2.63. The van der Waals surface area contributed by atoms with E-state index in [1.165, 1.54) is 12.1 Å². The van der Waals surface area contributed by atoms with E-state index in [0.717, 1.165) is 5.56 Å². The number of nitrogens with zero attached hydrogens (tertiary/aromatic N) is 1. The summed E-state index contributed by atoms with van der Waals surface area (Å²) in [5, 5.41) is 0. The molecule has 6 nitrogen and oxygen atoms in total. The van der Waals surface area contributed by atoms with E-state index < -0.39 is 17.8 Å². The first kappa shape index (κ1) is 14.2. The van der Waals surface area contributed by atoms with Gasteiger partial charge in [-0.15, -0.1) is 0 Å². The molecule has 0 saturated carbocycles. The Morgan fingerprint density at radius 3 is 2.10 bits per heavy atom. The molecule has 0 spiro atoms. The third-order valence-corrected chi connectivity index (χ3v) is 7.15. The largest absolute Gasteiger partial charge is 0.371 e. The zero-order chi connectivity index (χ0) is 14.4. The monoisotopic (exact) mass is 317 g/mol. The zero-order valence-electron chi connectivity index (χ0n) is 11.3. The molecule has 110 valence electrons. The molecule has 1 aromatic rings. The van der Waals surface area contributed by atoms with Gasteiger partial charge < -0.3 is 13.6 Å². The van der Waals surface area contributed by atoms with Crippen LogP contribution in [0.3, 0.4) is 0 Å². The van der Waals surface area contributed by atoms with E-state index in [2.05, 4.69) is 4.15 Å². The predicted octanol–water partition coefficient (Wildman–Crippen LogP) is 2.71. The first-order valence-corrected chi connectivity index (χ1v) is 9.15. The van der Waals surface area contributed by atoms with E-state index in [0.29, 0.717) is 19.8 Å². The van der Waals surface area contributed by atoms with Crippen LogP contribution in [0.1, 0.15) is 12.5 Å². The number of aryl methyl sites for hydroxylation is 1. The first-order chi connectivity index (χ1) is 9.33. The lowest BCUT2D eigenvalue weighted by atomic mass is 9.95. The molecule has 3 fully saturated rings. The standard InChI is InChI=1S/C12H16NO5PS/c1-10-3-5-11(6-4-10)20(14,15)13-19-16-7-12(2,8-17-19)9-18-19/h3-6H,7-9H2,1-2H3. The third kappa shape index (κ3) is 2.56. The maximum atomic E-state index is 12.3. The van der Waals surface area contributed by atoms with E-state index >= 15 is 0 Å². The Morgan fingerprint density at radius 1 is 1.10 bits per heavy atom. The molecule has 0 radical (unpaired) electrons. The highest BCUT2D eigenvalue weighted by Gasteiger charge is 2.47. The summed E-state index contributed by atoms with van der Waals surface area (Å²) in [6.07, 6.45) is 0. The first-order valence-electron chi connectivity index (χ1n) is 6.22. The minimum absolute atomic E-state index is 0.118. The minimum atomic E-state index is -3.84. The molecule has 0 atom stereocenters. The SMILES string of the molecule is Cc1ccc(S(=O)(=O)N=P23OCC(C)(CO2)CO3)cc1. The molecule has 4 rings (SSSR count). The van der Waals surface area contributed by atoms with Gasteiger partial charge in [0.2, 0.25) is 0 Å². The summed E-state index contributed by atoms with van der Waals surface area (Å²) in [5.41, 5.74) is 0.775. The molecule has 2 bridgehead atoms. The number of sulfonamides is 1. The molecule has 3 aliphatic heterocycles. The molecular formula is C12H16NO5PS. The molecule has 3 aliphatic rings. The van der Waals surface area contributed by atoms with Crippen molar-refractivity contribution < 1.29 is 22.0 Å². The van der Waals surface area contributed by atoms with Crippen LogP contribution in [0.5, 0.6) is 0 Å². The quantitative estimate of drug-likeness (QED) is 0.784. The molecule has 0 amide bonds. The molecule has 3 saturated heterocycles. The lowest BCUT2D eigenvalue weighted by Gasteiger charge is -2.44. The average Bonchev–Trinajstić information content (AvgIpc) is 2.41. The van der Waals surface area contributed by atoms with Gasteiger partial charge in [0.15, 0.2) is 0 Å². The van der Waals surface area contributed by atoms with Gasteiger partial charge in [0.05, 0.1) is 24.7 Å². The van der Waals surface area contributed by atoms with E-state index in [9.17, 15) is 8.42 Å². The molecule has 0 aliphatic carbocycles. The predicted molar refractivity (Wildman–Crippen MR) is 73.7 cm³/mol. The fourth-order valence-corrected chi connectivity index (χ4v) is 6.03. The van der Waals surface area contributed by atoms with Gasteiger partial charge in [-0.25, -0.2) is 0 Å². The summed E-state index contributed by atoms with van der Waals surface area (Å²) in [6, 6.07) is 6.48. The van der Waals surface area contributed by atoms with Crippen LogP contribution in [0.2, 0.25) is 0 Å². The number of hydrogen-bond acceptors (Lipinski definition) is 5. The van der Waals surface area contributed by atoms with Crippen molar-refractivity contribution >= 4 is 17.8 Å². The Labute approximate surface area is 118 Å². The number of hydrogen-bond donors (Lipinski definition) is 0. The normalized spacial score (nSPS) is 33.1. The Kier molecular flexibility index (Phi) is 3.30. The number of fused-ring (bicyclic) bond motifs is 3. The van der Waals surface area contributed by atoms with Crippen molar-refractivity contribution in [2.75, 3.05) is 19.8 Å². The molecule has 8 heteroatoms. The molecule has 0 unspecified atom stereocenters. The van der Waals surface area contributed by atoms with Gasteiger partial charge in [-0.05, 0) is 19.1 Å². The summed E-state index contributed by atoms with van der Waals surface area (Å²) >= 11 is 0. The lowest BCUT2D eigenvalue weighted by molar-refractivity contribution is -0.0687. The maximum Gasteiger partial charge on any atom is 0.371 e. The van der Waals surface area contributed by atoms with Crippen molar-refractivity contribution in [1.82, 2.24) is 0 Å². The van der Waals surface area contributed by atoms with E-state index in [1.54, 1.807) is 12.1 Å². The molecule has 1 aromatic carbocycles. The van der Waals surface area contributed by atoms with Gasteiger partial charge in [0.1, 0.15) is 0 Å². The van der Waals surface area contributed by atoms with Crippen molar-refractivity contribution in [2.45, 2.75) is 18.7 Å². The van der Waals surface area contributed by atoms with E-state index in [1.807, 2.05) is 13.8 Å². The van der Waals surface area contributed by atoms with Gasteiger partial charge in [0.25, 0.3) is 10.0 Å². The average molecular weight is 317 g/mol. The van der Waals surface area contributed by atoms with Crippen LogP contribution < -0.4 is 0 Å². The second kappa shape index (κ2) is 4.64. The Bertz CT molecular complexity index is 651. The molecule has 0 aromatic heterocycles. The van der Waals surface area contributed by atoms with Crippen LogP contribution >= 0.6 is 7.74 Å². The molecule has 20 heavy (non-hydrogen) atoms. The summed E-state index contributed by atoms with van der Waals surface area (Å²) < 4.78 is 44.8. The van der Waals surface area contributed by atoms with Gasteiger partial charge in [-0.1, -0.05) is 28.8 Å². The van der Waals surface area contributed by atoms with Crippen LogP contribution in [-0.4, -0.2) is 28.2 Å². The Morgan fingerprint density at radius 2 is 1.60 bits per heavy atom. The van der Waals surface area contributed by atoms with Gasteiger partial charge >= 0.3 is 7.74 Å². The fraction of sp³-hybridized carbons (Fsp3) is 0.500. The van der Waals surface area contributed by atoms with Gasteiger partial charge in [-0.2, -0.15) is 8.42 Å². The molecular weight excluding hydrogens is 301 g/mol. The van der Waals surface area contributed by atoms with Crippen molar-refractivity contribution in [2.24, 2.45) is 9.57 Å². The topological polar surface area (TPSA) is 74.2 Å². The Hall–Kier alpha value is -0.720. The number of benzene rings is 1. The fourth-order valence-electron chi connectivity index (χ4n) is 1.91. The van der Waals surface area contributed by atoms with Crippen molar-refractivity contribution in [3.63, 3.8) is 0 Å². The highest BCUT2D eigenvalue weighted by molar-refractivity contribution is 7.93. The van der Waals surface area contributed by atoms with Crippen LogP contribution in [0, 0.1) is 12.3 Å². The zero-order valence-corrected chi connectivity index (χ0v) is 13.0. The lowest BCUT2D eigenvalue weighted by Crippen LogP contribution is -2.42. The molecule has 3 heterocycles. The van der Waals surface area contributed by atoms with Gasteiger partial charge in [0, 0.05) is 5.41 Å². The Balaban J connectivity index is 1.97. The summed E-state index contributed by atoms with van der Waals surface area (Å²) in [5.74, 6) is 0. The third-order valence-electron chi connectivity index (χ3n) is 3.25. The van der Waals surface area contributed by atoms with Gasteiger partial charge in [-0.3, -0.25) is 0 Å². The smallest absolute Gasteiger partial charge is 0.301 e. The summed E-state index contributed by atoms with van der Waals surface area (Å²) in [7, 11) is -6.95. The van der Waals surface area contributed by atoms with Crippen molar-refractivity contribution in [1.29, 1.82) is 0 Å². The van der Waals surface area contributed by atoms with Crippen LogP contribution in [-0.2, 0) is 23.6 Å². The summed E-state index contributed by atoms with van der Waals surface area (Å²) in [4.78, 5) is 0.118. The van der Waals surface area contributed by atoms with Crippen LogP contribution in [0.4, 0.5) is 0 Å². The van der Waals surface area contributed by atoms with E-state index in [-0.39, 0.29) is 10.3 Å². The second-order valence-electron chi connectivity index (χ2n) is 5.47. The second-order valence-corrected chi connectivity index (χ2v) is 9.26. The maximum absolute atomic E-state index is 12.3. The summed E-state index contributed by atoms with van der Waals surface area (Å²) in [6.45, 7) is 5.08. The minimum Gasteiger partial charge on any atom is -0.301 e. The van der Waals surface area contributed by atoms with Crippen LogP contribution in [0.25, 0.3) is 0 Å².